The highest BCUT2D eigenvalue weighted by atomic mass is 127. The van der Waals surface area contributed by atoms with Crippen LogP contribution in [0.3, 0.4) is 0 Å². The lowest BCUT2D eigenvalue weighted by atomic mass is 10.1. The van der Waals surface area contributed by atoms with Crippen molar-refractivity contribution in [3.05, 3.63) is 87.4 Å². The predicted octanol–water partition coefficient (Wildman–Crippen LogP) is 4.55. The van der Waals surface area contributed by atoms with E-state index >= 15 is 0 Å². The van der Waals surface area contributed by atoms with Crippen molar-refractivity contribution in [1.29, 1.82) is 0 Å². The smallest absolute Gasteiger partial charge is 0.333 e. The van der Waals surface area contributed by atoms with Crippen LogP contribution >= 0.6 is 22.6 Å². The number of amides is 4. The SMILES string of the molecule is COc1cc(/C=C2/NC(=O)N(c3ccccc3)C2=O)cc(I)c1OCC(=O)Nc1ccc(F)cc1. The van der Waals surface area contributed by atoms with Crippen LogP contribution in [0.25, 0.3) is 6.08 Å². The molecule has 3 aromatic rings. The third-order valence-electron chi connectivity index (χ3n) is 4.93. The van der Waals surface area contributed by atoms with Crippen molar-refractivity contribution in [2.75, 3.05) is 23.9 Å². The molecule has 8 nitrogen and oxygen atoms in total. The van der Waals surface area contributed by atoms with Gasteiger partial charge in [0, 0.05) is 5.69 Å². The van der Waals surface area contributed by atoms with Gasteiger partial charge in [0.25, 0.3) is 11.8 Å². The number of carbonyl (C=O) groups is 3. The van der Waals surface area contributed by atoms with Crippen LogP contribution in [0.1, 0.15) is 5.56 Å². The van der Waals surface area contributed by atoms with Gasteiger partial charge in [0.1, 0.15) is 11.5 Å². The number of nitrogens with zero attached hydrogens (tertiary/aromatic N) is 1. The minimum Gasteiger partial charge on any atom is -0.493 e. The zero-order valence-corrected chi connectivity index (χ0v) is 20.5. The van der Waals surface area contributed by atoms with Crippen molar-refractivity contribution in [2.24, 2.45) is 0 Å². The van der Waals surface area contributed by atoms with Gasteiger partial charge in [0.05, 0.1) is 16.4 Å². The molecule has 0 aliphatic carbocycles. The Labute approximate surface area is 213 Å². The number of hydrogen-bond acceptors (Lipinski definition) is 5. The van der Waals surface area contributed by atoms with E-state index in [2.05, 4.69) is 10.6 Å². The molecule has 0 radical (unpaired) electrons. The van der Waals surface area contributed by atoms with Crippen LogP contribution in [0, 0.1) is 9.39 Å². The van der Waals surface area contributed by atoms with E-state index < -0.39 is 23.7 Å². The second kappa shape index (κ2) is 10.6. The third kappa shape index (κ3) is 5.60. The Morgan fingerprint density at radius 3 is 2.51 bits per heavy atom. The van der Waals surface area contributed by atoms with Crippen molar-refractivity contribution < 1.29 is 28.2 Å². The van der Waals surface area contributed by atoms with Crippen LogP contribution in [-0.4, -0.2) is 31.6 Å². The molecule has 0 saturated carbocycles. The number of imide groups is 1. The molecule has 1 aliphatic heterocycles. The van der Waals surface area contributed by atoms with Crippen LogP contribution in [-0.2, 0) is 9.59 Å². The quantitative estimate of drug-likeness (QED) is 0.240. The molecule has 3 aromatic carbocycles. The van der Waals surface area contributed by atoms with Gasteiger partial charge in [-0.3, -0.25) is 9.59 Å². The normalized spacial score (nSPS) is 14.1. The Morgan fingerprint density at radius 1 is 1.11 bits per heavy atom. The molecule has 4 rings (SSSR count). The maximum atomic E-state index is 13.0. The summed E-state index contributed by atoms with van der Waals surface area (Å²) in [4.78, 5) is 38.5. The number of urea groups is 1. The van der Waals surface area contributed by atoms with Gasteiger partial charge < -0.3 is 20.1 Å². The van der Waals surface area contributed by atoms with Crippen molar-refractivity contribution in [3.8, 4) is 11.5 Å². The van der Waals surface area contributed by atoms with E-state index in [0.717, 1.165) is 4.90 Å². The summed E-state index contributed by atoms with van der Waals surface area (Å²) in [7, 11) is 1.45. The van der Waals surface area contributed by atoms with Crippen LogP contribution in [0.15, 0.2) is 72.4 Å². The summed E-state index contributed by atoms with van der Waals surface area (Å²) in [5.41, 5.74) is 1.61. The highest BCUT2D eigenvalue weighted by Crippen LogP contribution is 2.35. The first-order valence-corrected chi connectivity index (χ1v) is 11.4. The molecule has 0 aromatic heterocycles. The van der Waals surface area contributed by atoms with Gasteiger partial charge in [-0.05, 0) is 82.8 Å². The van der Waals surface area contributed by atoms with Gasteiger partial charge in [-0.2, -0.15) is 0 Å². The van der Waals surface area contributed by atoms with Gasteiger partial charge in [0.15, 0.2) is 18.1 Å². The number of carbonyl (C=O) groups excluding carboxylic acids is 3. The van der Waals surface area contributed by atoms with Crippen molar-refractivity contribution in [2.45, 2.75) is 0 Å². The molecular weight excluding hydrogens is 568 g/mol. The lowest BCUT2D eigenvalue weighted by Gasteiger charge is -2.14. The molecule has 0 atom stereocenters. The number of ether oxygens (including phenoxy) is 2. The average molecular weight is 587 g/mol. The molecular formula is C25H19FIN3O5. The fraction of sp³-hybridized carbons (Fsp3) is 0.0800. The zero-order chi connectivity index (χ0) is 24.9. The largest absolute Gasteiger partial charge is 0.493 e. The minimum absolute atomic E-state index is 0.115. The van der Waals surface area contributed by atoms with Crippen LogP contribution < -0.4 is 25.0 Å². The molecule has 1 saturated heterocycles. The van der Waals surface area contributed by atoms with E-state index in [1.807, 2.05) is 22.6 Å². The zero-order valence-electron chi connectivity index (χ0n) is 18.4. The fourth-order valence-corrected chi connectivity index (χ4v) is 4.13. The summed E-state index contributed by atoms with van der Waals surface area (Å²) in [5.74, 6) is -0.624. The first-order chi connectivity index (χ1) is 16.9. The number of rotatable bonds is 7. The fourth-order valence-electron chi connectivity index (χ4n) is 3.34. The first kappa shape index (κ1) is 24.2. The molecule has 1 fully saturated rings. The molecule has 0 spiro atoms. The molecule has 35 heavy (non-hydrogen) atoms. The summed E-state index contributed by atoms with van der Waals surface area (Å²) < 4.78 is 24.7. The number of benzene rings is 3. The van der Waals surface area contributed by atoms with E-state index in [1.165, 1.54) is 31.4 Å². The molecule has 0 bridgehead atoms. The number of halogens is 2. The topological polar surface area (TPSA) is 97.0 Å². The van der Waals surface area contributed by atoms with Gasteiger partial charge in [0.2, 0.25) is 0 Å². The van der Waals surface area contributed by atoms with Gasteiger partial charge in [-0.1, -0.05) is 18.2 Å². The summed E-state index contributed by atoms with van der Waals surface area (Å²) in [6.07, 6.45) is 1.54. The highest BCUT2D eigenvalue weighted by molar-refractivity contribution is 14.1. The van der Waals surface area contributed by atoms with Gasteiger partial charge in [-0.15, -0.1) is 0 Å². The molecule has 1 heterocycles. The van der Waals surface area contributed by atoms with E-state index in [1.54, 1.807) is 48.5 Å². The molecule has 10 heteroatoms. The number of anilines is 2. The second-order valence-corrected chi connectivity index (χ2v) is 8.50. The Bertz CT molecular complexity index is 1310. The average Bonchev–Trinajstić information content (AvgIpc) is 3.12. The Kier molecular flexibility index (Phi) is 7.30. The van der Waals surface area contributed by atoms with E-state index in [0.29, 0.717) is 32.0 Å². The maximum absolute atomic E-state index is 13.0. The summed E-state index contributed by atoms with van der Waals surface area (Å²) in [5, 5.41) is 5.20. The summed E-state index contributed by atoms with van der Waals surface area (Å²) in [6, 6.07) is 16.8. The molecule has 178 valence electrons. The summed E-state index contributed by atoms with van der Waals surface area (Å²) >= 11 is 2.03. The highest BCUT2D eigenvalue weighted by Gasteiger charge is 2.34. The molecule has 2 N–H and O–H groups in total. The van der Waals surface area contributed by atoms with Crippen LogP contribution in [0.5, 0.6) is 11.5 Å². The van der Waals surface area contributed by atoms with Crippen LogP contribution in [0.4, 0.5) is 20.6 Å². The maximum Gasteiger partial charge on any atom is 0.333 e. The van der Waals surface area contributed by atoms with Gasteiger partial charge >= 0.3 is 6.03 Å². The van der Waals surface area contributed by atoms with Crippen molar-refractivity contribution in [3.63, 3.8) is 0 Å². The second-order valence-electron chi connectivity index (χ2n) is 7.34. The monoisotopic (exact) mass is 587 g/mol. The Morgan fingerprint density at radius 2 is 1.83 bits per heavy atom. The van der Waals surface area contributed by atoms with Gasteiger partial charge in [-0.25, -0.2) is 14.1 Å². The van der Waals surface area contributed by atoms with Crippen LogP contribution in [0.2, 0.25) is 0 Å². The first-order valence-electron chi connectivity index (χ1n) is 10.3. The molecule has 1 aliphatic rings. The van der Waals surface area contributed by atoms with E-state index in [9.17, 15) is 18.8 Å². The Balaban J connectivity index is 1.49. The number of nitrogens with one attached hydrogen (secondary N) is 2. The number of para-hydroxylation sites is 1. The number of hydrogen-bond donors (Lipinski definition) is 2. The lowest BCUT2D eigenvalue weighted by molar-refractivity contribution is -0.118. The third-order valence-corrected chi connectivity index (χ3v) is 5.73. The van der Waals surface area contributed by atoms with E-state index in [-0.39, 0.29) is 12.3 Å². The minimum atomic E-state index is -0.541. The lowest BCUT2D eigenvalue weighted by Crippen LogP contribution is -2.30. The predicted molar refractivity (Wildman–Crippen MR) is 137 cm³/mol. The number of methoxy groups -OCH3 is 1. The molecule has 4 amide bonds. The Hall–Kier alpha value is -3.93. The van der Waals surface area contributed by atoms with Crippen molar-refractivity contribution in [1.82, 2.24) is 5.32 Å². The standard InChI is InChI=1S/C25H19FIN3O5/c1-34-21-13-15(12-20-24(32)30(25(33)29-20)18-5-3-2-4-6-18)11-19(27)23(21)35-14-22(31)28-17-9-7-16(26)8-10-17/h2-13H,14H2,1H3,(H,28,31)(H,29,33)/b20-12+. The van der Waals surface area contributed by atoms with Crippen molar-refractivity contribution >= 4 is 57.9 Å². The van der Waals surface area contributed by atoms with E-state index in [4.69, 9.17) is 9.47 Å². The summed E-state index contributed by atoms with van der Waals surface area (Å²) in [6.45, 7) is -0.301. The molecule has 0 unspecified atom stereocenters.